The minimum Gasteiger partial charge on any atom is -0.508 e. The minimum absolute atomic E-state index is 0.228. The van der Waals surface area contributed by atoms with E-state index in [0.29, 0.717) is 17.1 Å². The Morgan fingerprint density at radius 1 is 1.33 bits per heavy atom. The van der Waals surface area contributed by atoms with Crippen LogP contribution in [0.4, 0.5) is 0 Å². The second-order valence-corrected chi connectivity index (χ2v) is 3.73. The molecule has 1 aromatic carbocycles. The number of ether oxygens (including phenoxy) is 1. The van der Waals surface area contributed by atoms with E-state index in [0.717, 1.165) is 5.69 Å². The number of hydrogen-bond acceptors (Lipinski definition) is 3. The van der Waals surface area contributed by atoms with E-state index in [2.05, 4.69) is 25.9 Å². The Balaban J connectivity index is 1.96. The Kier molecular flexibility index (Phi) is 2.91. The number of H-pyrrole nitrogens is 1. The fourth-order valence-electron chi connectivity index (χ4n) is 1.11. The molecule has 0 spiro atoms. The smallest absolute Gasteiger partial charge is 0.174 e. The lowest BCUT2D eigenvalue weighted by Gasteiger charge is -2.03. The Hall–Kier alpha value is -1.49. The third-order valence-corrected chi connectivity index (χ3v) is 2.23. The Labute approximate surface area is 95.1 Å². The summed E-state index contributed by atoms with van der Waals surface area (Å²) in [5.74, 6) is 0.935. The van der Waals surface area contributed by atoms with Gasteiger partial charge in [0.1, 0.15) is 18.1 Å². The van der Waals surface area contributed by atoms with E-state index in [9.17, 15) is 0 Å². The molecule has 2 rings (SSSR count). The van der Waals surface area contributed by atoms with E-state index in [1.165, 1.54) is 0 Å². The highest BCUT2D eigenvalue weighted by molar-refractivity contribution is 9.10. The third-order valence-electron chi connectivity index (χ3n) is 1.83. The van der Waals surface area contributed by atoms with Gasteiger partial charge in [-0.15, -0.1) is 0 Å². The first-order chi connectivity index (χ1) is 7.24. The van der Waals surface area contributed by atoms with Crippen LogP contribution >= 0.6 is 15.9 Å². The molecule has 0 aliphatic rings. The van der Waals surface area contributed by atoms with Crippen LogP contribution in [0.5, 0.6) is 11.5 Å². The van der Waals surface area contributed by atoms with Crippen LogP contribution in [0.15, 0.2) is 35.2 Å². The normalized spacial score (nSPS) is 10.2. The summed E-state index contributed by atoms with van der Waals surface area (Å²) in [4.78, 5) is 6.97. The van der Waals surface area contributed by atoms with Gasteiger partial charge in [0.25, 0.3) is 0 Å². The monoisotopic (exact) mass is 268 g/mol. The number of aromatic hydroxyl groups is 1. The zero-order chi connectivity index (χ0) is 10.7. The van der Waals surface area contributed by atoms with Crippen molar-refractivity contribution in [2.75, 3.05) is 0 Å². The van der Waals surface area contributed by atoms with Crippen molar-refractivity contribution in [1.82, 2.24) is 9.97 Å². The summed E-state index contributed by atoms with van der Waals surface area (Å²) >= 11 is 3.21. The first-order valence-corrected chi connectivity index (χ1v) is 5.14. The van der Waals surface area contributed by atoms with Gasteiger partial charge in [0.05, 0.1) is 11.9 Å². The maximum absolute atomic E-state index is 9.07. The Morgan fingerprint density at radius 2 is 2.07 bits per heavy atom. The number of halogens is 1. The lowest BCUT2D eigenvalue weighted by Crippen LogP contribution is -1.94. The number of nitrogens with zero attached hydrogens (tertiary/aromatic N) is 1. The van der Waals surface area contributed by atoms with Crippen LogP contribution in [-0.2, 0) is 6.61 Å². The fraction of sp³-hybridized carbons (Fsp3) is 0.100. The maximum atomic E-state index is 9.07. The van der Waals surface area contributed by atoms with Gasteiger partial charge in [-0.25, -0.2) is 4.98 Å². The molecule has 0 radical (unpaired) electrons. The number of nitrogens with one attached hydrogen (secondary N) is 1. The van der Waals surface area contributed by atoms with Gasteiger partial charge in [-0.2, -0.15) is 0 Å². The molecule has 0 bridgehead atoms. The number of aromatic nitrogens is 2. The zero-order valence-electron chi connectivity index (χ0n) is 7.77. The molecule has 0 aliphatic heterocycles. The predicted octanol–water partition coefficient (Wildman–Crippen LogP) is 2.46. The molecule has 78 valence electrons. The largest absolute Gasteiger partial charge is 0.508 e. The van der Waals surface area contributed by atoms with E-state index >= 15 is 0 Å². The Morgan fingerprint density at radius 3 is 2.67 bits per heavy atom. The molecule has 0 aliphatic carbocycles. The van der Waals surface area contributed by atoms with Crippen LogP contribution in [0.25, 0.3) is 0 Å². The molecule has 0 amide bonds. The van der Waals surface area contributed by atoms with Gasteiger partial charge in [-0.05, 0) is 40.2 Å². The Bertz CT molecular complexity index is 439. The van der Waals surface area contributed by atoms with Crippen LogP contribution in [0.1, 0.15) is 5.69 Å². The molecule has 0 unspecified atom stereocenters. The van der Waals surface area contributed by atoms with E-state index in [-0.39, 0.29) is 5.75 Å². The number of imidazole rings is 1. The highest BCUT2D eigenvalue weighted by Gasteiger charge is 1.99. The molecule has 0 saturated carbocycles. The standard InChI is InChI=1S/C10H9BrN2O2/c11-10-12-5-7(13-10)6-15-9-3-1-8(14)2-4-9/h1-5,14H,6H2,(H,12,13). The highest BCUT2D eigenvalue weighted by Crippen LogP contribution is 2.17. The van der Waals surface area contributed by atoms with Crippen LogP contribution < -0.4 is 4.74 Å². The van der Waals surface area contributed by atoms with Crippen molar-refractivity contribution in [2.24, 2.45) is 0 Å². The van der Waals surface area contributed by atoms with Crippen molar-refractivity contribution >= 4 is 15.9 Å². The summed E-state index contributed by atoms with van der Waals surface area (Å²) in [6.07, 6.45) is 1.70. The molecule has 1 aromatic heterocycles. The van der Waals surface area contributed by atoms with Gasteiger partial charge in [0.2, 0.25) is 0 Å². The average Bonchev–Trinajstić information content (AvgIpc) is 2.64. The average molecular weight is 269 g/mol. The number of aromatic amines is 1. The second kappa shape index (κ2) is 4.35. The van der Waals surface area contributed by atoms with Crippen LogP contribution in [0, 0.1) is 0 Å². The molecule has 0 fully saturated rings. The SMILES string of the molecule is Oc1ccc(OCc2cnc(Br)[nH]2)cc1. The van der Waals surface area contributed by atoms with Gasteiger partial charge in [0.15, 0.2) is 4.73 Å². The number of rotatable bonds is 3. The van der Waals surface area contributed by atoms with E-state index in [4.69, 9.17) is 9.84 Å². The quantitative estimate of drug-likeness (QED) is 0.899. The second-order valence-electron chi connectivity index (χ2n) is 2.98. The first kappa shape index (κ1) is 10.0. The van der Waals surface area contributed by atoms with Crippen molar-refractivity contribution in [1.29, 1.82) is 0 Å². The van der Waals surface area contributed by atoms with Crippen molar-refractivity contribution in [3.8, 4) is 11.5 Å². The van der Waals surface area contributed by atoms with E-state index in [1.807, 2.05) is 0 Å². The molecule has 4 nitrogen and oxygen atoms in total. The van der Waals surface area contributed by atoms with Crippen LogP contribution in [-0.4, -0.2) is 15.1 Å². The number of hydrogen-bond donors (Lipinski definition) is 2. The first-order valence-electron chi connectivity index (χ1n) is 4.35. The topological polar surface area (TPSA) is 58.1 Å². The molecular weight excluding hydrogens is 260 g/mol. The van der Waals surface area contributed by atoms with Gasteiger partial charge < -0.3 is 14.8 Å². The van der Waals surface area contributed by atoms with E-state index in [1.54, 1.807) is 30.5 Å². The molecule has 15 heavy (non-hydrogen) atoms. The zero-order valence-corrected chi connectivity index (χ0v) is 9.36. The van der Waals surface area contributed by atoms with Gasteiger partial charge in [-0.1, -0.05) is 0 Å². The summed E-state index contributed by atoms with van der Waals surface area (Å²) in [7, 11) is 0. The number of benzene rings is 1. The van der Waals surface area contributed by atoms with Gasteiger partial charge in [-0.3, -0.25) is 0 Å². The van der Waals surface area contributed by atoms with Crippen molar-refractivity contribution in [3.05, 3.63) is 40.9 Å². The molecule has 2 aromatic rings. The molecular formula is C10H9BrN2O2. The summed E-state index contributed by atoms with van der Waals surface area (Å²) in [5, 5.41) is 9.07. The lowest BCUT2D eigenvalue weighted by atomic mass is 10.3. The lowest BCUT2D eigenvalue weighted by molar-refractivity contribution is 0.301. The predicted molar refractivity (Wildman–Crippen MR) is 58.7 cm³/mol. The minimum atomic E-state index is 0.228. The number of phenolic OH excluding ortho intramolecular Hbond substituents is 1. The summed E-state index contributed by atoms with van der Waals surface area (Å²) in [5.41, 5.74) is 0.884. The summed E-state index contributed by atoms with van der Waals surface area (Å²) in [6, 6.07) is 6.58. The van der Waals surface area contributed by atoms with Crippen molar-refractivity contribution in [3.63, 3.8) is 0 Å². The molecule has 1 heterocycles. The van der Waals surface area contributed by atoms with Gasteiger partial charge in [0, 0.05) is 0 Å². The van der Waals surface area contributed by atoms with Crippen molar-refractivity contribution < 1.29 is 9.84 Å². The highest BCUT2D eigenvalue weighted by atomic mass is 79.9. The fourth-order valence-corrected chi connectivity index (χ4v) is 1.47. The van der Waals surface area contributed by atoms with E-state index < -0.39 is 0 Å². The van der Waals surface area contributed by atoms with Crippen LogP contribution in [0.3, 0.4) is 0 Å². The number of phenols is 1. The molecule has 0 saturated heterocycles. The third kappa shape index (κ3) is 2.73. The van der Waals surface area contributed by atoms with Gasteiger partial charge >= 0.3 is 0 Å². The molecule has 0 atom stereocenters. The van der Waals surface area contributed by atoms with Crippen molar-refractivity contribution in [2.45, 2.75) is 6.61 Å². The molecule has 2 N–H and O–H groups in total. The molecule has 5 heteroatoms. The maximum Gasteiger partial charge on any atom is 0.174 e. The summed E-state index contributed by atoms with van der Waals surface area (Å²) < 4.78 is 6.14. The summed E-state index contributed by atoms with van der Waals surface area (Å²) in [6.45, 7) is 0.420. The van der Waals surface area contributed by atoms with Crippen LogP contribution in [0.2, 0.25) is 0 Å².